The largest absolute Gasteiger partial charge is 0.490 e. The summed E-state index contributed by atoms with van der Waals surface area (Å²) in [7, 11) is 0. The SMILES string of the molecule is Cc1ccccc1OC1CC2(C1)CN(C=O)C2. The molecule has 1 amide bonds. The minimum atomic E-state index is 0.338. The van der Waals surface area contributed by atoms with Crippen LogP contribution < -0.4 is 4.74 Å². The van der Waals surface area contributed by atoms with E-state index in [9.17, 15) is 4.79 Å². The van der Waals surface area contributed by atoms with Crippen molar-refractivity contribution in [1.29, 1.82) is 0 Å². The smallest absolute Gasteiger partial charge is 0.209 e. The molecule has 1 aromatic carbocycles. The van der Waals surface area contributed by atoms with Crippen LogP contribution in [0.15, 0.2) is 24.3 Å². The van der Waals surface area contributed by atoms with Crippen molar-refractivity contribution in [3.63, 3.8) is 0 Å². The van der Waals surface area contributed by atoms with Crippen molar-refractivity contribution in [2.45, 2.75) is 25.9 Å². The summed E-state index contributed by atoms with van der Waals surface area (Å²) in [6.07, 6.45) is 3.46. The van der Waals surface area contributed by atoms with E-state index in [1.165, 1.54) is 5.56 Å². The van der Waals surface area contributed by atoms with E-state index in [1.54, 1.807) is 0 Å². The van der Waals surface area contributed by atoms with Gasteiger partial charge in [0, 0.05) is 18.5 Å². The molecular weight excluding hydrogens is 214 g/mol. The molecule has 1 aliphatic heterocycles. The molecule has 1 aromatic rings. The molecule has 3 nitrogen and oxygen atoms in total. The highest BCUT2D eigenvalue weighted by atomic mass is 16.5. The van der Waals surface area contributed by atoms with E-state index in [-0.39, 0.29) is 0 Å². The third-order valence-corrected chi connectivity index (χ3v) is 3.93. The van der Waals surface area contributed by atoms with Gasteiger partial charge in [-0.2, -0.15) is 0 Å². The lowest BCUT2D eigenvalue weighted by molar-refractivity contribution is -0.147. The topological polar surface area (TPSA) is 29.5 Å². The number of ether oxygens (including phenoxy) is 1. The molecule has 2 fully saturated rings. The van der Waals surface area contributed by atoms with Crippen LogP contribution in [-0.4, -0.2) is 30.5 Å². The van der Waals surface area contributed by atoms with Crippen LogP contribution >= 0.6 is 0 Å². The molecule has 3 rings (SSSR count). The highest BCUT2D eigenvalue weighted by molar-refractivity contribution is 5.49. The van der Waals surface area contributed by atoms with Gasteiger partial charge in [-0.15, -0.1) is 0 Å². The number of rotatable bonds is 3. The van der Waals surface area contributed by atoms with E-state index in [4.69, 9.17) is 4.74 Å². The van der Waals surface area contributed by atoms with Gasteiger partial charge in [0.05, 0.1) is 0 Å². The number of carbonyl (C=O) groups is 1. The highest BCUT2D eigenvalue weighted by Gasteiger charge is 2.53. The third-order valence-electron chi connectivity index (χ3n) is 3.93. The molecule has 1 spiro atoms. The van der Waals surface area contributed by atoms with Crippen molar-refractivity contribution in [2.75, 3.05) is 13.1 Å². The van der Waals surface area contributed by atoms with Crippen LogP contribution in [0, 0.1) is 12.3 Å². The van der Waals surface area contributed by atoms with Gasteiger partial charge in [0.25, 0.3) is 0 Å². The molecule has 0 unspecified atom stereocenters. The normalized spacial score (nSPS) is 21.8. The zero-order valence-electron chi connectivity index (χ0n) is 10.1. The number of para-hydroxylation sites is 1. The minimum Gasteiger partial charge on any atom is -0.490 e. The van der Waals surface area contributed by atoms with E-state index in [2.05, 4.69) is 13.0 Å². The van der Waals surface area contributed by atoms with Crippen molar-refractivity contribution >= 4 is 6.41 Å². The predicted octanol–water partition coefficient (Wildman–Crippen LogP) is 1.99. The van der Waals surface area contributed by atoms with Crippen LogP contribution in [0.5, 0.6) is 5.75 Å². The second-order valence-electron chi connectivity index (χ2n) is 5.42. The Morgan fingerprint density at radius 1 is 1.35 bits per heavy atom. The number of benzene rings is 1. The van der Waals surface area contributed by atoms with Crippen LogP contribution in [0.2, 0.25) is 0 Å². The number of carbonyl (C=O) groups excluding carboxylic acids is 1. The quantitative estimate of drug-likeness (QED) is 0.745. The molecular formula is C14H17NO2. The standard InChI is InChI=1S/C14H17NO2/c1-11-4-2-3-5-13(11)17-12-6-14(7-12)8-15(9-14)10-16/h2-5,10,12H,6-9H2,1H3. The van der Waals surface area contributed by atoms with Crippen LogP contribution in [0.3, 0.4) is 0 Å². The van der Waals surface area contributed by atoms with Gasteiger partial charge < -0.3 is 9.64 Å². The first kappa shape index (κ1) is 10.6. The van der Waals surface area contributed by atoms with Crippen LogP contribution in [0.25, 0.3) is 0 Å². The van der Waals surface area contributed by atoms with Crippen molar-refractivity contribution in [3.8, 4) is 5.75 Å². The molecule has 3 heteroatoms. The first-order chi connectivity index (χ1) is 8.21. The number of nitrogens with zero attached hydrogens (tertiary/aromatic N) is 1. The van der Waals surface area contributed by atoms with Crippen LogP contribution in [0.4, 0.5) is 0 Å². The number of amides is 1. The second-order valence-corrected chi connectivity index (χ2v) is 5.42. The summed E-state index contributed by atoms with van der Waals surface area (Å²) in [5.41, 5.74) is 1.57. The van der Waals surface area contributed by atoms with Gasteiger partial charge in [-0.3, -0.25) is 4.79 Å². The Hall–Kier alpha value is -1.51. The molecule has 0 aromatic heterocycles. The van der Waals surface area contributed by atoms with Crippen molar-refractivity contribution < 1.29 is 9.53 Å². The van der Waals surface area contributed by atoms with Gasteiger partial charge in [-0.05, 0) is 31.4 Å². The van der Waals surface area contributed by atoms with E-state index < -0.39 is 0 Å². The molecule has 1 saturated heterocycles. The fraction of sp³-hybridized carbons (Fsp3) is 0.500. The van der Waals surface area contributed by atoms with Gasteiger partial charge in [0.2, 0.25) is 6.41 Å². The number of hydrogen-bond donors (Lipinski definition) is 0. The molecule has 1 heterocycles. The fourth-order valence-corrected chi connectivity index (χ4v) is 3.01. The zero-order chi connectivity index (χ0) is 11.9. The summed E-state index contributed by atoms with van der Waals surface area (Å²) >= 11 is 0. The van der Waals surface area contributed by atoms with Gasteiger partial charge in [-0.25, -0.2) is 0 Å². The first-order valence-electron chi connectivity index (χ1n) is 6.12. The molecule has 0 radical (unpaired) electrons. The maximum Gasteiger partial charge on any atom is 0.209 e. The maximum atomic E-state index is 10.5. The lowest BCUT2D eigenvalue weighted by atomic mass is 9.62. The summed E-state index contributed by atoms with van der Waals surface area (Å²) in [5, 5.41) is 0. The second kappa shape index (κ2) is 3.76. The molecule has 2 aliphatic rings. The Balaban J connectivity index is 1.54. The zero-order valence-corrected chi connectivity index (χ0v) is 10.1. The molecule has 1 aliphatic carbocycles. The summed E-state index contributed by atoms with van der Waals surface area (Å²) in [4.78, 5) is 12.4. The molecule has 0 bridgehead atoms. The summed E-state index contributed by atoms with van der Waals surface area (Å²) in [5.74, 6) is 0.999. The minimum absolute atomic E-state index is 0.338. The van der Waals surface area contributed by atoms with Crippen molar-refractivity contribution in [3.05, 3.63) is 29.8 Å². The summed E-state index contributed by atoms with van der Waals surface area (Å²) < 4.78 is 5.97. The molecule has 17 heavy (non-hydrogen) atoms. The van der Waals surface area contributed by atoms with Gasteiger partial charge in [0.1, 0.15) is 11.9 Å². The molecule has 0 N–H and O–H groups in total. The Kier molecular flexibility index (Phi) is 2.35. The Labute approximate surface area is 101 Å². The van der Waals surface area contributed by atoms with Gasteiger partial charge >= 0.3 is 0 Å². The lowest BCUT2D eigenvalue weighted by Crippen LogP contribution is -2.64. The van der Waals surface area contributed by atoms with Crippen LogP contribution in [-0.2, 0) is 4.79 Å². The Bertz CT molecular complexity index is 430. The molecule has 1 saturated carbocycles. The van der Waals surface area contributed by atoms with Crippen molar-refractivity contribution in [2.24, 2.45) is 5.41 Å². The summed E-state index contributed by atoms with van der Waals surface area (Å²) in [6.45, 7) is 3.91. The lowest BCUT2D eigenvalue weighted by Gasteiger charge is -2.57. The van der Waals surface area contributed by atoms with E-state index in [0.29, 0.717) is 11.5 Å². The van der Waals surface area contributed by atoms with E-state index in [0.717, 1.165) is 38.1 Å². The molecule has 0 atom stereocenters. The average Bonchev–Trinajstić information content (AvgIpc) is 2.22. The highest BCUT2D eigenvalue weighted by Crippen LogP contribution is 2.49. The maximum absolute atomic E-state index is 10.5. The number of aryl methyl sites for hydroxylation is 1. The van der Waals surface area contributed by atoms with Gasteiger partial charge in [-0.1, -0.05) is 18.2 Å². The Morgan fingerprint density at radius 3 is 2.71 bits per heavy atom. The van der Waals surface area contributed by atoms with E-state index >= 15 is 0 Å². The van der Waals surface area contributed by atoms with Crippen molar-refractivity contribution in [1.82, 2.24) is 4.90 Å². The van der Waals surface area contributed by atoms with Crippen LogP contribution in [0.1, 0.15) is 18.4 Å². The Morgan fingerprint density at radius 2 is 2.06 bits per heavy atom. The number of likely N-dealkylation sites (tertiary alicyclic amines) is 1. The molecule has 90 valence electrons. The number of hydrogen-bond acceptors (Lipinski definition) is 2. The summed E-state index contributed by atoms with van der Waals surface area (Å²) in [6, 6.07) is 8.13. The van der Waals surface area contributed by atoms with E-state index in [1.807, 2.05) is 23.1 Å². The average molecular weight is 231 g/mol. The monoisotopic (exact) mass is 231 g/mol. The predicted molar refractivity (Wildman–Crippen MR) is 64.9 cm³/mol. The first-order valence-corrected chi connectivity index (χ1v) is 6.12. The van der Waals surface area contributed by atoms with Gasteiger partial charge in [0.15, 0.2) is 0 Å². The fourth-order valence-electron chi connectivity index (χ4n) is 3.01. The third kappa shape index (κ3) is 1.79.